The van der Waals surface area contributed by atoms with Gasteiger partial charge in [-0.3, -0.25) is 9.38 Å². The lowest BCUT2D eigenvalue weighted by Crippen LogP contribution is -2.09. The summed E-state index contributed by atoms with van der Waals surface area (Å²) in [5.74, 6) is -4.11. The minimum atomic E-state index is -3.67. The van der Waals surface area contributed by atoms with Crippen LogP contribution in [-0.2, 0) is 5.38 Å². The standard InChI is InChI=1S/C16H11ClF4N4/c1-8-4-9(11-5-15(11,18)19)2-3-10(8)12-7-25-13(6-22-12)23-24-14(25)16(17,20)21/h2-4,6-7,11H,5H2,1H3. The Balaban J connectivity index is 1.77. The predicted octanol–water partition coefficient (Wildman–Crippen LogP) is 4.51. The number of nitrogens with zero attached hydrogens (tertiary/aromatic N) is 4. The van der Waals surface area contributed by atoms with Gasteiger partial charge in [0.05, 0.1) is 17.8 Å². The second kappa shape index (κ2) is 5.14. The molecule has 1 atom stereocenters. The summed E-state index contributed by atoms with van der Waals surface area (Å²) >= 11 is 5.05. The van der Waals surface area contributed by atoms with Gasteiger partial charge in [0.15, 0.2) is 5.65 Å². The summed E-state index contributed by atoms with van der Waals surface area (Å²) in [5.41, 5.74) is 2.45. The summed E-state index contributed by atoms with van der Waals surface area (Å²) in [6, 6.07) is 4.95. The summed E-state index contributed by atoms with van der Waals surface area (Å²) in [6.07, 6.45) is 2.51. The first kappa shape index (κ1) is 16.3. The third kappa shape index (κ3) is 2.74. The highest BCUT2D eigenvalue weighted by Crippen LogP contribution is 2.56. The van der Waals surface area contributed by atoms with E-state index in [0.29, 0.717) is 16.8 Å². The molecule has 1 saturated carbocycles. The average molecular weight is 371 g/mol. The normalized spacial score (nSPS) is 19.4. The number of benzene rings is 1. The second-order valence-electron chi connectivity index (χ2n) is 6.11. The van der Waals surface area contributed by atoms with E-state index < -0.39 is 23.0 Å². The lowest BCUT2D eigenvalue weighted by molar-refractivity contribution is 0.0832. The van der Waals surface area contributed by atoms with Gasteiger partial charge >= 0.3 is 5.38 Å². The van der Waals surface area contributed by atoms with Crippen LogP contribution in [0.2, 0.25) is 0 Å². The van der Waals surface area contributed by atoms with Crippen molar-refractivity contribution in [1.82, 2.24) is 19.6 Å². The zero-order valence-corrected chi connectivity index (χ0v) is 13.6. The Morgan fingerprint density at radius 1 is 1.28 bits per heavy atom. The maximum Gasteiger partial charge on any atom is 0.382 e. The van der Waals surface area contributed by atoms with Crippen molar-refractivity contribution in [1.29, 1.82) is 0 Å². The zero-order chi connectivity index (χ0) is 18.0. The molecule has 1 aliphatic carbocycles. The fourth-order valence-corrected chi connectivity index (χ4v) is 3.03. The van der Waals surface area contributed by atoms with E-state index in [-0.39, 0.29) is 12.1 Å². The van der Waals surface area contributed by atoms with Crippen LogP contribution >= 0.6 is 11.6 Å². The Labute approximate surface area is 144 Å². The highest BCUT2D eigenvalue weighted by molar-refractivity contribution is 6.21. The van der Waals surface area contributed by atoms with Crippen LogP contribution in [0.3, 0.4) is 0 Å². The molecule has 2 heterocycles. The van der Waals surface area contributed by atoms with E-state index in [1.165, 1.54) is 12.4 Å². The van der Waals surface area contributed by atoms with Crippen LogP contribution in [-0.4, -0.2) is 25.5 Å². The molecular weight excluding hydrogens is 360 g/mol. The fraction of sp³-hybridized carbons (Fsp3) is 0.312. The molecule has 0 amide bonds. The van der Waals surface area contributed by atoms with Crippen LogP contribution in [0.15, 0.2) is 30.6 Å². The fourth-order valence-electron chi connectivity index (χ4n) is 2.90. The topological polar surface area (TPSA) is 43.1 Å². The van der Waals surface area contributed by atoms with E-state index in [1.54, 1.807) is 25.1 Å². The number of alkyl halides is 5. The van der Waals surface area contributed by atoms with Gasteiger partial charge in [-0.15, -0.1) is 10.2 Å². The van der Waals surface area contributed by atoms with Gasteiger partial charge in [0.1, 0.15) is 0 Å². The van der Waals surface area contributed by atoms with Crippen LogP contribution in [0, 0.1) is 6.92 Å². The van der Waals surface area contributed by atoms with Crippen molar-refractivity contribution in [3.05, 3.63) is 47.5 Å². The van der Waals surface area contributed by atoms with E-state index in [4.69, 9.17) is 11.6 Å². The molecule has 0 aliphatic heterocycles. The number of halogens is 5. The lowest BCUT2D eigenvalue weighted by Gasteiger charge is -2.10. The van der Waals surface area contributed by atoms with E-state index in [1.807, 2.05) is 0 Å². The van der Waals surface area contributed by atoms with Gasteiger partial charge in [-0.05, 0) is 29.7 Å². The zero-order valence-electron chi connectivity index (χ0n) is 12.8. The Kier molecular flexibility index (Phi) is 3.34. The number of fused-ring (bicyclic) bond motifs is 1. The van der Waals surface area contributed by atoms with E-state index in [2.05, 4.69) is 15.2 Å². The molecule has 0 bridgehead atoms. The van der Waals surface area contributed by atoms with Gasteiger partial charge in [-0.25, -0.2) is 8.78 Å². The first-order valence-corrected chi connectivity index (χ1v) is 7.81. The molecule has 1 aromatic carbocycles. The molecule has 1 unspecified atom stereocenters. The summed E-state index contributed by atoms with van der Waals surface area (Å²) in [5, 5.41) is 3.33. The molecule has 3 aromatic rings. The van der Waals surface area contributed by atoms with Gasteiger partial charge in [-0.1, -0.05) is 18.2 Å². The maximum absolute atomic E-state index is 13.4. The van der Waals surface area contributed by atoms with Crippen molar-refractivity contribution in [2.24, 2.45) is 0 Å². The lowest BCUT2D eigenvalue weighted by atomic mass is 10.0. The number of rotatable bonds is 3. The molecule has 2 aromatic heterocycles. The van der Waals surface area contributed by atoms with E-state index in [9.17, 15) is 17.6 Å². The number of aromatic nitrogens is 4. The first-order valence-electron chi connectivity index (χ1n) is 7.43. The Morgan fingerprint density at radius 2 is 2.00 bits per heavy atom. The van der Waals surface area contributed by atoms with Gasteiger partial charge < -0.3 is 0 Å². The molecule has 0 saturated heterocycles. The van der Waals surface area contributed by atoms with E-state index in [0.717, 1.165) is 9.96 Å². The van der Waals surface area contributed by atoms with Gasteiger partial charge in [0.2, 0.25) is 5.82 Å². The van der Waals surface area contributed by atoms with Crippen LogP contribution in [0.25, 0.3) is 16.9 Å². The smallest absolute Gasteiger partial charge is 0.277 e. The molecular formula is C16H11ClF4N4. The monoisotopic (exact) mass is 370 g/mol. The molecule has 9 heteroatoms. The molecule has 130 valence electrons. The van der Waals surface area contributed by atoms with Crippen LogP contribution < -0.4 is 0 Å². The van der Waals surface area contributed by atoms with Crippen molar-refractivity contribution in [3.8, 4) is 11.3 Å². The van der Waals surface area contributed by atoms with Crippen molar-refractivity contribution in [2.45, 2.75) is 30.6 Å². The molecule has 25 heavy (non-hydrogen) atoms. The highest BCUT2D eigenvalue weighted by Gasteiger charge is 2.57. The van der Waals surface area contributed by atoms with Crippen molar-refractivity contribution >= 4 is 17.2 Å². The predicted molar refractivity (Wildman–Crippen MR) is 83.0 cm³/mol. The molecule has 0 spiro atoms. The third-order valence-corrected chi connectivity index (χ3v) is 4.47. The minimum absolute atomic E-state index is 0.131. The van der Waals surface area contributed by atoms with Crippen LogP contribution in [0.1, 0.15) is 29.3 Å². The number of aryl methyl sites for hydroxylation is 1. The summed E-state index contributed by atoms with van der Waals surface area (Å²) < 4.78 is 54.3. The largest absolute Gasteiger partial charge is 0.382 e. The molecule has 0 radical (unpaired) electrons. The number of hydrogen-bond acceptors (Lipinski definition) is 3. The average Bonchev–Trinajstić information content (AvgIpc) is 2.96. The van der Waals surface area contributed by atoms with Gasteiger partial charge in [0, 0.05) is 18.2 Å². The molecule has 1 fully saturated rings. The maximum atomic E-state index is 13.4. The van der Waals surface area contributed by atoms with E-state index >= 15 is 0 Å². The summed E-state index contributed by atoms with van der Waals surface area (Å²) in [7, 11) is 0. The SMILES string of the molecule is Cc1cc(C2CC2(F)F)ccc1-c1cn2c(C(F)(F)Cl)nnc2cn1. The van der Waals surface area contributed by atoms with Crippen molar-refractivity contribution < 1.29 is 17.6 Å². The van der Waals surface area contributed by atoms with Crippen molar-refractivity contribution in [3.63, 3.8) is 0 Å². The van der Waals surface area contributed by atoms with Crippen molar-refractivity contribution in [2.75, 3.05) is 0 Å². The Morgan fingerprint density at radius 3 is 2.60 bits per heavy atom. The highest BCUT2D eigenvalue weighted by atomic mass is 35.5. The molecule has 0 N–H and O–H groups in total. The number of hydrogen-bond donors (Lipinski definition) is 0. The van der Waals surface area contributed by atoms with Crippen LogP contribution in [0.4, 0.5) is 17.6 Å². The Hall–Kier alpha value is -2.22. The Bertz CT molecular complexity index is 980. The minimum Gasteiger partial charge on any atom is -0.277 e. The quantitative estimate of drug-likeness (QED) is 0.503. The second-order valence-corrected chi connectivity index (χ2v) is 6.59. The van der Waals surface area contributed by atoms with Gasteiger partial charge in [-0.2, -0.15) is 8.78 Å². The van der Waals surface area contributed by atoms with Gasteiger partial charge in [0.25, 0.3) is 5.92 Å². The van der Waals surface area contributed by atoms with Crippen LogP contribution in [0.5, 0.6) is 0 Å². The summed E-state index contributed by atoms with van der Waals surface area (Å²) in [4.78, 5) is 4.19. The first-order chi connectivity index (χ1) is 11.7. The third-order valence-electron chi connectivity index (χ3n) is 4.30. The summed E-state index contributed by atoms with van der Waals surface area (Å²) in [6.45, 7) is 1.76. The molecule has 4 rings (SSSR count). The molecule has 1 aliphatic rings. The molecule has 4 nitrogen and oxygen atoms in total.